The molecule has 0 bridgehead atoms. The van der Waals surface area contributed by atoms with E-state index in [1.165, 1.54) is 19.3 Å². The minimum Gasteiger partial charge on any atom is -0.493 e. The van der Waals surface area contributed by atoms with Crippen LogP contribution in [0.15, 0.2) is 40.8 Å². The molecule has 2 aromatic heterocycles. The number of ether oxygens (including phenoxy) is 1. The normalized spacial score (nSPS) is 19.4. The maximum absolute atomic E-state index is 13.0. The van der Waals surface area contributed by atoms with Gasteiger partial charge in [-0.05, 0) is 50.5 Å². The Morgan fingerprint density at radius 1 is 1.03 bits per heavy atom. The number of furan rings is 1. The molecule has 0 N–H and O–H groups in total. The Morgan fingerprint density at radius 2 is 1.81 bits per heavy atom. The summed E-state index contributed by atoms with van der Waals surface area (Å²) in [6.45, 7) is 5.94. The number of hydrogen-bond donors (Lipinski definition) is 0. The van der Waals surface area contributed by atoms with Gasteiger partial charge in [-0.1, -0.05) is 12.1 Å². The fourth-order valence-corrected chi connectivity index (χ4v) is 4.68. The van der Waals surface area contributed by atoms with Gasteiger partial charge in [0, 0.05) is 44.2 Å². The summed E-state index contributed by atoms with van der Waals surface area (Å²) >= 11 is 0. The molecule has 2 fully saturated rings. The van der Waals surface area contributed by atoms with E-state index in [9.17, 15) is 4.79 Å². The molecular weight excluding hydrogens is 406 g/mol. The van der Waals surface area contributed by atoms with Crippen molar-refractivity contribution >= 4 is 28.5 Å². The van der Waals surface area contributed by atoms with Crippen molar-refractivity contribution in [2.45, 2.75) is 32.2 Å². The van der Waals surface area contributed by atoms with E-state index in [4.69, 9.17) is 9.15 Å². The molecule has 0 radical (unpaired) electrons. The van der Waals surface area contributed by atoms with Gasteiger partial charge < -0.3 is 23.9 Å². The number of piperazine rings is 1. The first kappa shape index (κ1) is 20.6. The van der Waals surface area contributed by atoms with Crippen molar-refractivity contribution in [3.63, 3.8) is 0 Å². The van der Waals surface area contributed by atoms with Crippen LogP contribution in [0.2, 0.25) is 0 Å². The van der Waals surface area contributed by atoms with Gasteiger partial charge in [0.25, 0.3) is 5.91 Å². The lowest BCUT2D eigenvalue weighted by atomic mass is 10.0. The smallest absolute Gasteiger partial charge is 0.289 e. The number of para-hydroxylation sites is 1. The van der Waals surface area contributed by atoms with E-state index in [-0.39, 0.29) is 5.91 Å². The van der Waals surface area contributed by atoms with Gasteiger partial charge in [-0.2, -0.15) is 0 Å². The maximum Gasteiger partial charge on any atom is 0.289 e. The summed E-state index contributed by atoms with van der Waals surface area (Å²) in [5.41, 5.74) is 0.607. The van der Waals surface area contributed by atoms with Crippen LogP contribution in [-0.2, 0) is 0 Å². The summed E-state index contributed by atoms with van der Waals surface area (Å²) in [5.74, 6) is 2.70. The van der Waals surface area contributed by atoms with Gasteiger partial charge in [0.1, 0.15) is 0 Å². The van der Waals surface area contributed by atoms with Gasteiger partial charge in [0.15, 0.2) is 28.7 Å². The first-order chi connectivity index (χ1) is 15.6. The summed E-state index contributed by atoms with van der Waals surface area (Å²) in [7, 11) is 1.60. The van der Waals surface area contributed by atoms with E-state index in [1.807, 2.05) is 29.2 Å². The molecule has 8 heteroatoms. The molecule has 2 aliphatic heterocycles. The van der Waals surface area contributed by atoms with E-state index < -0.39 is 0 Å². The second-order valence-electron chi connectivity index (χ2n) is 8.56. The number of fused-ring (bicyclic) bond motifs is 1. The SMILES string of the molecule is COc1cccc2cc(C(=O)N3CCN(c4ccc(N5CCCCC5C)nn4)CC3)oc12. The Labute approximate surface area is 187 Å². The highest BCUT2D eigenvalue weighted by atomic mass is 16.5. The number of carbonyl (C=O) groups is 1. The minimum absolute atomic E-state index is 0.0941. The number of methoxy groups -OCH3 is 1. The van der Waals surface area contributed by atoms with Crippen LogP contribution in [0.3, 0.4) is 0 Å². The number of hydrogen-bond acceptors (Lipinski definition) is 7. The van der Waals surface area contributed by atoms with Crippen LogP contribution in [0.4, 0.5) is 11.6 Å². The Hall–Kier alpha value is -3.29. The lowest BCUT2D eigenvalue weighted by Crippen LogP contribution is -2.49. The summed E-state index contributed by atoms with van der Waals surface area (Å²) in [6.07, 6.45) is 3.70. The zero-order valence-electron chi connectivity index (χ0n) is 18.7. The Bertz CT molecular complexity index is 1090. The second kappa shape index (κ2) is 8.68. The average molecular weight is 436 g/mol. The van der Waals surface area contributed by atoms with E-state index in [1.54, 1.807) is 13.2 Å². The average Bonchev–Trinajstić information content (AvgIpc) is 3.29. The van der Waals surface area contributed by atoms with Crippen molar-refractivity contribution in [2.75, 3.05) is 49.6 Å². The topological polar surface area (TPSA) is 74.9 Å². The third-order valence-electron chi connectivity index (χ3n) is 6.56. The lowest BCUT2D eigenvalue weighted by molar-refractivity contribution is 0.0716. The number of amides is 1. The van der Waals surface area contributed by atoms with E-state index in [2.05, 4.69) is 33.0 Å². The van der Waals surface area contributed by atoms with Crippen molar-refractivity contribution in [1.29, 1.82) is 0 Å². The third-order valence-corrected chi connectivity index (χ3v) is 6.56. The van der Waals surface area contributed by atoms with Crippen molar-refractivity contribution in [2.24, 2.45) is 0 Å². The molecule has 1 atom stereocenters. The monoisotopic (exact) mass is 435 g/mol. The molecule has 8 nitrogen and oxygen atoms in total. The predicted octanol–water partition coefficient (Wildman–Crippen LogP) is 3.57. The lowest BCUT2D eigenvalue weighted by Gasteiger charge is -2.36. The molecule has 168 valence electrons. The van der Waals surface area contributed by atoms with Gasteiger partial charge in [-0.25, -0.2) is 0 Å². The molecule has 5 rings (SSSR count). The van der Waals surface area contributed by atoms with Crippen LogP contribution in [0.1, 0.15) is 36.7 Å². The summed E-state index contributed by atoms with van der Waals surface area (Å²) in [6, 6.07) is 12.1. The minimum atomic E-state index is -0.0941. The quantitative estimate of drug-likeness (QED) is 0.620. The number of benzene rings is 1. The fraction of sp³-hybridized carbons (Fsp3) is 0.458. The van der Waals surface area contributed by atoms with Crippen molar-refractivity contribution in [3.8, 4) is 5.75 Å². The highest BCUT2D eigenvalue weighted by Gasteiger charge is 2.26. The van der Waals surface area contributed by atoms with Crippen molar-refractivity contribution in [1.82, 2.24) is 15.1 Å². The molecule has 32 heavy (non-hydrogen) atoms. The van der Waals surface area contributed by atoms with Crippen molar-refractivity contribution < 1.29 is 13.9 Å². The fourth-order valence-electron chi connectivity index (χ4n) is 4.68. The molecule has 4 heterocycles. The van der Waals surface area contributed by atoms with Crippen LogP contribution in [0.25, 0.3) is 11.0 Å². The number of piperidine rings is 1. The maximum atomic E-state index is 13.0. The molecule has 0 spiro atoms. The zero-order valence-corrected chi connectivity index (χ0v) is 18.7. The molecular formula is C24H29N5O3. The molecule has 1 aromatic carbocycles. The first-order valence-corrected chi connectivity index (χ1v) is 11.3. The summed E-state index contributed by atoms with van der Waals surface area (Å²) in [4.78, 5) is 19.4. The molecule has 1 amide bonds. The number of rotatable bonds is 4. The Balaban J connectivity index is 1.23. The highest BCUT2D eigenvalue weighted by molar-refractivity contribution is 5.97. The van der Waals surface area contributed by atoms with Gasteiger partial charge >= 0.3 is 0 Å². The van der Waals surface area contributed by atoms with Crippen LogP contribution >= 0.6 is 0 Å². The molecule has 2 saturated heterocycles. The van der Waals surface area contributed by atoms with Crippen LogP contribution in [-0.4, -0.2) is 66.9 Å². The van der Waals surface area contributed by atoms with Gasteiger partial charge in [-0.15, -0.1) is 10.2 Å². The van der Waals surface area contributed by atoms with Crippen LogP contribution < -0.4 is 14.5 Å². The van der Waals surface area contributed by atoms with E-state index in [0.29, 0.717) is 49.3 Å². The summed E-state index contributed by atoms with van der Waals surface area (Å²) in [5, 5.41) is 9.85. The van der Waals surface area contributed by atoms with Crippen LogP contribution in [0, 0.1) is 0 Å². The summed E-state index contributed by atoms with van der Waals surface area (Å²) < 4.78 is 11.2. The first-order valence-electron chi connectivity index (χ1n) is 11.3. The largest absolute Gasteiger partial charge is 0.493 e. The van der Waals surface area contributed by atoms with Gasteiger partial charge in [0.2, 0.25) is 0 Å². The zero-order chi connectivity index (χ0) is 22.1. The number of carbonyl (C=O) groups excluding carboxylic acids is 1. The van der Waals surface area contributed by atoms with E-state index in [0.717, 1.165) is 23.6 Å². The number of anilines is 2. The number of nitrogens with zero attached hydrogens (tertiary/aromatic N) is 5. The Morgan fingerprint density at radius 3 is 2.53 bits per heavy atom. The highest BCUT2D eigenvalue weighted by Crippen LogP contribution is 2.29. The molecule has 0 aliphatic carbocycles. The molecule has 1 unspecified atom stereocenters. The van der Waals surface area contributed by atoms with Crippen LogP contribution in [0.5, 0.6) is 5.75 Å². The predicted molar refractivity (Wildman–Crippen MR) is 124 cm³/mol. The van der Waals surface area contributed by atoms with E-state index >= 15 is 0 Å². The standard InChI is InChI=1S/C24H29N5O3/c1-17-6-3-4-11-29(17)22-10-9-21(25-26-22)27-12-14-28(15-13-27)24(30)20-16-18-7-5-8-19(31-2)23(18)32-20/h5,7-10,16-17H,3-4,6,11-15H2,1-2H3. The second-order valence-corrected chi connectivity index (χ2v) is 8.56. The molecule has 2 aliphatic rings. The third kappa shape index (κ3) is 3.85. The van der Waals surface area contributed by atoms with Gasteiger partial charge in [0.05, 0.1) is 7.11 Å². The van der Waals surface area contributed by atoms with Gasteiger partial charge in [-0.3, -0.25) is 4.79 Å². The van der Waals surface area contributed by atoms with Crippen molar-refractivity contribution in [3.05, 3.63) is 42.2 Å². The molecule has 0 saturated carbocycles. The Kier molecular flexibility index (Phi) is 5.59. The number of aromatic nitrogens is 2. The molecule has 3 aromatic rings.